The molecule has 0 spiro atoms. The molecule has 1 saturated carbocycles. The molecule has 2 fully saturated rings. The van der Waals surface area contributed by atoms with Crippen LogP contribution in [0.3, 0.4) is 0 Å². The largest absolute Gasteiger partial charge is 0.462 e. The van der Waals surface area contributed by atoms with E-state index in [1.165, 1.54) is 0 Å². The van der Waals surface area contributed by atoms with Crippen molar-refractivity contribution in [3.63, 3.8) is 0 Å². The minimum absolute atomic E-state index is 0.00558. The third-order valence-corrected chi connectivity index (χ3v) is 5.45. The normalized spacial score (nSPS) is 22.4. The molecular weight excluding hydrogens is 360 g/mol. The van der Waals surface area contributed by atoms with Crippen LogP contribution in [-0.4, -0.2) is 55.6 Å². The van der Waals surface area contributed by atoms with E-state index >= 15 is 0 Å². The van der Waals surface area contributed by atoms with Crippen LogP contribution < -0.4 is 5.32 Å². The maximum Gasteiger partial charge on any atom is 0.340 e. The summed E-state index contributed by atoms with van der Waals surface area (Å²) in [5.74, 6) is -0.514. The number of para-hydroxylation sites is 1. The van der Waals surface area contributed by atoms with Crippen molar-refractivity contribution < 1.29 is 23.9 Å². The molecule has 152 valence electrons. The molecule has 28 heavy (non-hydrogen) atoms. The molecule has 1 heterocycles. The summed E-state index contributed by atoms with van der Waals surface area (Å²) in [6.07, 6.45) is 2.78. The van der Waals surface area contributed by atoms with Gasteiger partial charge in [-0.3, -0.25) is 9.59 Å². The predicted molar refractivity (Wildman–Crippen MR) is 104 cm³/mol. The summed E-state index contributed by atoms with van der Waals surface area (Å²) in [5, 5.41) is 2.88. The summed E-state index contributed by atoms with van der Waals surface area (Å²) < 4.78 is 10.4. The molecule has 0 radical (unpaired) electrons. The summed E-state index contributed by atoms with van der Waals surface area (Å²) in [5.41, 5.74) is 0.825. The lowest BCUT2D eigenvalue weighted by atomic mass is 9.80. The quantitative estimate of drug-likeness (QED) is 0.784. The molecule has 3 rings (SSSR count). The topological polar surface area (TPSA) is 84.9 Å². The second kappa shape index (κ2) is 9.68. The van der Waals surface area contributed by atoms with Gasteiger partial charge in [0.2, 0.25) is 11.8 Å². The van der Waals surface area contributed by atoms with Gasteiger partial charge in [-0.05, 0) is 44.7 Å². The van der Waals surface area contributed by atoms with Crippen LogP contribution >= 0.6 is 0 Å². The molecule has 1 N–H and O–H groups in total. The van der Waals surface area contributed by atoms with Gasteiger partial charge in [-0.2, -0.15) is 0 Å². The minimum atomic E-state index is -0.446. The van der Waals surface area contributed by atoms with Crippen molar-refractivity contribution >= 4 is 23.5 Å². The molecule has 0 bridgehead atoms. The standard InChI is InChI=1S/C21H28N2O5/c1-2-28-21(26)17-5-3-4-6-18(17)22-19(24)15-7-9-16(10-8-15)20(25)23-11-13-27-14-12-23/h3-6,15-16H,2,7-14H2,1H3,(H,22,24). The second-order valence-electron chi connectivity index (χ2n) is 7.24. The van der Waals surface area contributed by atoms with Crippen LogP contribution in [-0.2, 0) is 19.1 Å². The number of hydrogen-bond acceptors (Lipinski definition) is 5. The average Bonchev–Trinajstić information content (AvgIpc) is 2.74. The molecule has 7 heteroatoms. The number of nitrogens with one attached hydrogen (secondary N) is 1. The monoisotopic (exact) mass is 388 g/mol. The van der Waals surface area contributed by atoms with Crippen molar-refractivity contribution in [3.05, 3.63) is 29.8 Å². The zero-order valence-corrected chi connectivity index (χ0v) is 16.3. The first-order valence-electron chi connectivity index (χ1n) is 10.0. The molecular formula is C21H28N2O5. The molecule has 7 nitrogen and oxygen atoms in total. The Morgan fingerprint density at radius 1 is 1.07 bits per heavy atom. The van der Waals surface area contributed by atoms with Gasteiger partial charge >= 0.3 is 5.97 Å². The van der Waals surface area contributed by atoms with Crippen molar-refractivity contribution in [2.24, 2.45) is 11.8 Å². The van der Waals surface area contributed by atoms with Crippen molar-refractivity contribution in [2.75, 3.05) is 38.2 Å². The average molecular weight is 388 g/mol. The SMILES string of the molecule is CCOC(=O)c1ccccc1NC(=O)C1CCC(C(=O)N2CCOCC2)CC1. The van der Waals surface area contributed by atoms with E-state index in [-0.39, 0.29) is 30.3 Å². The number of anilines is 1. The first-order valence-corrected chi connectivity index (χ1v) is 10.0. The lowest BCUT2D eigenvalue weighted by molar-refractivity contribution is -0.141. The van der Waals surface area contributed by atoms with Crippen LogP contribution in [0.1, 0.15) is 43.0 Å². The number of esters is 1. The van der Waals surface area contributed by atoms with Gasteiger partial charge in [0, 0.05) is 24.9 Å². The van der Waals surface area contributed by atoms with E-state index in [0.29, 0.717) is 63.2 Å². The zero-order chi connectivity index (χ0) is 19.9. The molecule has 1 aliphatic carbocycles. The Morgan fingerprint density at radius 2 is 1.71 bits per heavy atom. The van der Waals surface area contributed by atoms with Gasteiger partial charge in [-0.25, -0.2) is 4.79 Å². The smallest absolute Gasteiger partial charge is 0.340 e. The Kier molecular flexibility index (Phi) is 7.03. The van der Waals surface area contributed by atoms with E-state index in [1.807, 2.05) is 4.90 Å². The highest BCUT2D eigenvalue weighted by molar-refractivity contribution is 6.01. The summed E-state index contributed by atoms with van der Waals surface area (Å²) >= 11 is 0. The summed E-state index contributed by atoms with van der Waals surface area (Å²) in [7, 11) is 0. The minimum Gasteiger partial charge on any atom is -0.462 e. The van der Waals surface area contributed by atoms with Gasteiger partial charge in [0.1, 0.15) is 0 Å². The van der Waals surface area contributed by atoms with E-state index in [0.717, 1.165) is 0 Å². The second-order valence-corrected chi connectivity index (χ2v) is 7.24. The van der Waals surface area contributed by atoms with Crippen LogP contribution in [0.4, 0.5) is 5.69 Å². The van der Waals surface area contributed by atoms with Crippen molar-refractivity contribution in [1.82, 2.24) is 4.90 Å². The fraction of sp³-hybridized carbons (Fsp3) is 0.571. The lowest BCUT2D eigenvalue weighted by Crippen LogP contribution is -2.44. The van der Waals surface area contributed by atoms with E-state index in [9.17, 15) is 14.4 Å². The van der Waals surface area contributed by atoms with Gasteiger partial charge in [0.05, 0.1) is 31.1 Å². The van der Waals surface area contributed by atoms with Crippen molar-refractivity contribution in [3.8, 4) is 0 Å². The Labute approximate surface area is 165 Å². The number of carbonyl (C=O) groups excluding carboxylic acids is 3. The van der Waals surface area contributed by atoms with Gasteiger partial charge in [0.25, 0.3) is 0 Å². The summed E-state index contributed by atoms with van der Waals surface area (Å²) in [4.78, 5) is 39.3. The van der Waals surface area contributed by atoms with Crippen LogP contribution in [0.15, 0.2) is 24.3 Å². The van der Waals surface area contributed by atoms with Crippen LogP contribution in [0.25, 0.3) is 0 Å². The number of morpholine rings is 1. The van der Waals surface area contributed by atoms with Gasteiger partial charge < -0.3 is 19.7 Å². The molecule has 1 aromatic carbocycles. The van der Waals surface area contributed by atoms with Crippen LogP contribution in [0.2, 0.25) is 0 Å². The molecule has 0 aromatic heterocycles. The van der Waals surface area contributed by atoms with Gasteiger partial charge in [-0.15, -0.1) is 0 Å². The number of rotatable bonds is 5. The first kappa shape index (κ1) is 20.3. The molecule has 1 aromatic rings. The van der Waals surface area contributed by atoms with Crippen molar-refractivity contribution in [1.29, 1.82) is 0 Å². The highest BCUT2D eigenvalue weighted by atomic mass is 16.5. The molecule has 2 amide bonds. The molecule has 1 saturated heterocycles. The Morgan fingerprint density at radius 3 is 2.39 bits per heavy atom. The molecule has 2 aliphatic rings. The third-order valence-electron chi connectivity index (χ3n) is 5.45. The van der Waals surface area contributed by atoms with Gasteiger partial charge in [0.15, 0.2) is 0 Å². The fourth-order valence-corrected chi connectivity index (χ4v) is 3.86. The third kappa shape index (κ3) is 4.90. The number of nitrogens with zero attached hydrogens (tertiary/aromatic N) is 1. The Hall–Kier alpha value is -2.41. The number of carbonyl (C=O) groups is 3. The lowest BCUT2D eigenvalue weighted by Gasteiger charge is -2.33. The maximum atomic E-state index is 12.7. The number of benzene rings is 1. The molecule has 1 aliphatic heterocycles. The van der Waals surface area contributed by atoms with E-state index < -0.39 is 5.97 Å². The summed E-state index contributed by atoms with van der Waals surface area (Å²) in [6, 6.07) is 6.86. The molecule has 0 unspecified atom stereocenters. The van der Waals surface area contributed by atoms with Crippen LogP contribution in [0.5, 0.6) is 0 Å². The van der Waals surface area contributed by atoms with Crippen molar-refractivity contribution in [2.45, 2.75) is 32.6 Å². The first-order chi connectivity index (χ1) is 13.6. The van der Waals surface area contributed by atoms with E-state index in [2.05, 4.69) is 5.32 Å². The van der Waals surface area contributed by atoms with Crippen LogP contribution in [0, 0.1) is 11.8 Å². The maximum absolute atomic E-state index is 12.7. The number of amides is 2. The van der Waals surface area contributed by atoms with E-state index in [1.54, 1.807) is 31.2 Å². The Balaban J connectivity index is 1.54. The number of hydrogen-bond donors (Lipinski definition) is 1. The Bertz CT molecular complexity index is 707. The highest BCUT2D eigenvalue weighted by Crippen LogP contribution is 2.31. The van der Waals surface area contributed by atoms with Gasteiger partial charge in [-0.1, -0.05) is 12.1 Å². The molecule has 0 atom stereocenters. The van der Waals surface area contributed by atoms with E-state index in [4.69, 9.17) is 9.47 Å². The number of ether oxygens (including phenoxy) is 2. The summed E-state index contributed by atoms with van der Waals surface area (Å²) in [6.45, 7) is 4.54. The predicted octanol–water partition coefficient (Wildman–Crippen LogP) is 2.47. The fourth-order valence-electron chi connectivity index (χ4n) is 3.86. The highest BCUT2D eigenvalue weighted by Gasteiger charge is 2.33. The zero-order valence-electron chi connectivity index (χ0n) is 16.3.